The van der Waals surface area contributed by atoms with Gasteiger partial charge >= 0.3 is 0 Å². The van der Waals surface area contributed by atoms with Crippen LogP contribution in [0.5, 0.6) is 0 Å². The maximum atomic E-state index is 4.34. The van der Waals surface area contributed by atoms with Gasteiger partial charge in [0.1, 0.15) is 5.82 Å². The van der Waals surface area contributed by atoms with Crippen molar-refractivity contribution in [3.63, 3.8) is 0 Å². The maximum Gasteiger partial charge on any atom is 0.107 e. The minimum Gasteiger partial charge on any atom is -0.349 e. The minimum absolute atomic E-state index is 0.381. The van der Waals surface area contributed by atoms with E-state index in [2.05, 4.69) is 40.6 Å². The van der Waals surface area contributed by atoms with Gasteiger partial charge in [-0.25, -0.2) is 4.98 Å². The predicted molar refractivity (Wildman–Crippen MR) is 77.0 cm³/mol. The fraction of sp³-hybridized carbons (Fsp3) is 0.500. The molecule has 0 radical (unpaired) electrons. The predicted octanol–water partition coefficient (Wildman–Crippen LogP) is 3.32. The molecule has 98 valence electrons. The Morgan fingerprint density at radius 1 is 1.44 bits per heavy atom. The van der Waals surface area contributed by atoms with Crippen LogP contribution < -0.4 is 5.32 Å². The summed E-state index contributed by atoms with van der Waals surface area (Å²) < 4.78 is 0. The Kier molecular flexibility index (Phi) is 4.96. The van der Waals surface area contributed by atoms with E-state index in [1.54, 1.807) is 0 Å². The normalized spacial score (nSPS) is 12.8. The van der Waals surface area contributed by atoms with Crippen LogP contribution in [0.1, 0.15) is 42.6 Å². The maximum absolute atomic E-state index is 4.34. The van der Waals surface area contributed by atoms with Gasteiger partial charge in [-0.2, -0.15) is 0 Å². The van der Waals surface area contributed by atoms with Crippen molar-refractivity contribution >= 4 is 11.3 Å². The molecule has 0 spiro atoms. The fourth-order valence-electron chi connectivity index (χ4n) is 2.12. The molecule has 0 aliphatic heterocycles. The third-order valence-electron chi connectivity index (χ3n) is 3.07. The van der Waals surface area contributed by atoms with Crippen LogP contribution in [0, 0.1) is 0 Å². The molecule has 0 saturated heterocycles. The second-order valence-electron chi connectivity index (χ2n) is 4.41. The number of hydrogen-bond acceptors (Lipinski definition) is 3. The van der Waals surface area contributed by atoms with Crippen LogP contribution in [-0.4, -0.2) is 16.5 Å². The van der Waals surface area contributed by atoms with E-state index in [9.17, 15) is 0 Å². The first-order chi connectivity index (χ1) is 8.85. The number of aromatic nitrogens is 2. The lowest BCUT2D eigenvalue weighted by Crippen LogP contribution is -2.24. The van der Waals surface area contributed by atoms with Gasteiger partial charge in [0.25, 0.3) is 0 Å². The van der Waals surface area contributed by atoms with Crippen LogP contribution in [0.25, 0.3) is 0 Å². The number of aromatic amines is 1. The minimum atomic E-state index is 0.381. The van der Waals surface area contributed by atoms with Crippen LogP contribution in [-0.2, 0) is 12.8 Å². The number of rotatable bonds is 7. The summed E-state index contributed by atoms with van der Waals surface area (Å²) in [6, 6.07) is 2.62. The summed E-state index contributed by atoms with van der Waals surface area (Å²) in [5.41, 5.74) is 1.46. The quantitative estimate of drug-likeness (QED) is 0.804. The van der Waals surface area contributed by atoms with Crippen LogP contribution >= 0.6 is 11.3 Å². The SMILES string of the molecule is CCCNC(Cc1ncc[nH]1)c1sccc1CC. The first kappa shape index (κ1) is 13.3. The van der Waals surface area contributed by atoms with Gasteiger partial charge in [0.2, 0.25) is 0 Å². The second kappa shape index (κ2) is 6.71. The van der Waals surface area contributed by atoms with Gasteiger partial charge in [0.15, 0.2) is 0 Å². The van der Waals surface area contributed by atoms with Crippen molar-refractivity contribution < 1.29 is 0 Å². The van der Waals surface area contributed by atoms with Crippen molar-refractivity contribution in [2.24, 2.45) is 0 Å². The summed E-state index contributed by atoms with van der Waals surface area (Å²) in [5, 5.41) is 5.83. The Labute approximate surface area is 113 Å². The van der Waals surface area contributed by atoms with Crippen molar-refractivity contribution in [2.75, 3.05) is 6.54 Å². The second-order valence-corrected chi connectivity index (χ2v) is 5.36. The van der Waals surface area contributed by atoms with Gasteiger partial charge in [-0.1, -0.05) is 13.8 Å². The number of thiophene rings is 1. The highest BCUT2D eigenvalue weighted by atomic mass is 32.1. The van der Waals surface area contributed by atoms with Crippen LogP contribution in [0.2, 0.25) is 0 Å². The van der Waals surface area contributed by atoms with Gasteiger partial charge < -0.3 is 10.3 Å². The molecule has 0 aliphatic rings. The summed E-state index contributed by atoms with van der Waals surface area (Å²) in [7, 11) is 0. The average Bonchev–Trinajstić information content (AvgIpc) is 3.04. The summed E-state index contributed by atoms with van der Waals surface area (Å²) >= 11 is 1.85. The lowest BCUT2D eigenvalue weighted by molar-refractivity contribution is 0.524. The van der Waals surface area contributed by atoms with Gasteiger partial charge in [-0.3, -0.25) is 0 Å². The average molecular weight is 263 g/mol. The molecule has 0 aliphatic carbocycles. The van der Waals surface area contributed by atoms with Gasteiger partial charge in [0.05, 0.1) is 0 Å². The molecule has 3 nitrogen and oxygen atoms in total. The number of nitrogens with zero attached hydrogens (tertiary/aromatic N) is 1. The Morgan fingerprint density at radius 2 is 2.33 bits per heavy atom. The molecule has 1 atom stereocenters. The molecule has 0 amide bonds. The molecule has 2 aromatic rings. The number of hydrogen-bond donors (Lipinski definition) is 2. The number of imidazole rings is 1. The Morgan fingerprint density at radius 3 is 3.00 bits per heavy atom. The van der Waals surface area contributed by atoms with E-state index in [4.69, 9.17) is 0 Å². The highest BCUT2D eigenvalue weighted by Gasteiger charge is 2.17. The van der Waals surface area contributed by atoms with Gasteiger partial charge in [0, 0.05) is 29.7 Å². The zero-order valence-corrected chi connectivity index (χ0v) is 11.9. The van der Waals surface area contributed by atoms with E-state index in [0.29, 0.717) is 6.04 Å². The first-order valence-electron chi connectivity index (χ1n) is 6.63. The van der Waals surface area contributed by atoms with E-state index in [0.717, 1.165) is 31.6 Å². The number of aryl methyl sites for hydroxylation is 1. The zero-order valence-electron chi connectivity index (χ0n) is 11.1. The molecule has 4 heteroatoms. The Balaban J connectivity index is 2.14. The monoisotopic (exact) mass is 263 g/mol. The van der Waals surface area contributed by atoms with Crippen LogP contribution in [0.3, 0.4) is 0 Å². The lowest BCUT2D eigenvalue weighted by atomic mass is 10.1. The number of nitrogens with one attached hydrogen (secondary N) is 2. The summed E-state index contributed by atoms with van der Waals surface area (Å²) in [4.78, 5) is 9.00. The molecule has 0 aromatic carbocycles. The molecule has 0 fully saturated rings. The molecule has 2 aromatic heterocycles. The highest BCUT2D eigenvalue weighted by Crippen LogP contribution is 2.27. The van der Waals surface area contributed by atoms with Crippen molar-refractivity contribution in [1.82, 2.24) is 15.3 Å². The Bertz CT molecular complexity index is 447. The zero-order chi connectivity index (χ0) is 12.8. The third-order valence-corrected chi connectivity index (χ3v) is 4.14. The van der Waals surface area contributed by atoms with E-state index in [-0.39, 0.29) is 0 Å². The molecular formula is C14H21N3S. The lowest BCUT2D eigenvalue weighted by Gasteiger charge is -2.17. The van der Waals surface area contributed by atoms with Crippen LogP contribution in [0.15, 0.2) is 23.8 Å². The topological polar surface area (TPSA) is 40.7 Å². The van der Waals surface area contributed by atoms with Gasteiger partial charge in [-0.05, 0) is 36.4 Å². The third kappa shape index (κ3) is 3.21. The van der Waals surface area contributed by atoms with E-state index in [1.807, 2.05) is 23.7 Å². The smallest absolute Gasteiger partial charge is 0.107 e. The molecule has 18 heavy (non-hydrogen) atoms. The standard InChI is InChI=1S/C14H21N3S/c1-3-6-15-12(10-13-16-7-8-17-13)14-11(4-2)5-9-18-14/h5,7-9,12,15H,3-4,6,10H2,1-2H3,(H,16,17). The van der Waals surface area contributed by atoms with E-state index >= 15 is 0 Å². The molecule has 0 saturated carbocycles. The molecular weight excluding hydrogens is 242 g/mol. The summed E-state index contributed by atoms with van der Waals surface area (Å²) in [5.74, 6) is 1.05. The number of H-pyrrole nitrogens is 1. The Hall–Kier alpha value is -1.13. The van der Waals surface area contributed by atoms with Crippen molar-refractivity contribution in [3.8, 4) is 0 Å². The van der Waals surface area contributed by atoms with E-state index < -0.39 is 0 Å². The molecule has 1 unspecified atom stereocenters. The summed E-state index contributed by atoms with van der Waals surface area (Å²) in [6.45, 7) is 5.47. The largest absolute Gasteiger partial charge is 0.349 e. The first-order valence-corrected chi connectivity index (χ1v) is 7.51. The van der Waals surface area contributed by atoms with Crippen molar-refractivity contribution in [3.05, 3.63) is 40.1 Å². The van der Waals surface area contributed by atoms with Crippen molar-refractivity contribution in [2.45, 2.75) is 39.2 Å². The van der Waals surface area contributed by atoms with Crippen LogP contribution in [0.4, 0.5) is 0 Å². The summed E-state index contributed by atoms with van der Waals surface area (Å²) in [6.07, 6.45) is 6.89. The molecule has 2 rings (SSSR count). The molecule has 0 bridgehead atoms. The molecule has 2 heterocycles. The highest BCUT2D eigenvalue weighted by molar-refractivity contribution is 7.10. The fourth-order valence-corrected chi connectivity index (χ4v) is 3.20. The van der Waals surface area contributed by atoms with E-state index in [1.165, 1.54) is 10.4 Å². The molecule has 2 N–H and O–H groups in total. The van der Waals surface area contributed by atoms with Crippen molar-refractivity contribution in [1.29, 1.82) is 0 Å². The van der Waals surface area contributed by atoms with Gasteiger partial charge in [-0.15, -0.1) is 11.3 Å².